The summed E-state index contributed by atoms with van der Waals surface area (Å²) in [6.07, 6.45) is -1.16. The van der Waals surface area contributed by atoms with Crippen LogP contribution in [0.15, 0.2) is 52.0 Å². The van der Waals surface area contributed by atoms with Gasteiger partial charge in [0.15, 0.2) is 12.2 Å². The molecule has 0 aliphatic carbocycles. The topological polar surface area (TPSA) is 132 Å². The van der Waals surface area contributed by atoms with Crippen molar-refractivity contribution in [2.24, 2.45) is 10.7 Å². The molecule has 1 atom stereocenters. The second-order valence-electron chi connectivity index (χ2n) is 6.33. The maximum absolute atomic E-state index is 10.6. The molecule has 9 heteroatoms. The van der Waals surface area contributed by atoms with Crippen LogP contribution in [-0.2, 0) is 6.54 Å². The molecule has 0 radical (unpaired) electrons. The third-order valence-corrected chi connectivity index (χ3v) is 4.65. The Morgan fingerprint density at radius 1 is 1.31 bits per heavy atom. The summed E-state index contributed by atoms with van der Waals surface area (Å²) in [4.78, 5) is 4.23. The maximum Gasteiger partial charge on any atom is 0.191 e. The summed E-state index contributed by atoms with van der Waals surface area (Å²) in [6.45, 7) is 1.99. The van der Waals surface area contributed by atoms with Crippen LogP contribution < -0.4 is 21.5 Å². The van der Waals surface area contributed by atoms with Gasteiger partial charge in [-0.15, -0.1) is 0 Å². The lowest BCUT2D eigenvalue weighted by Gasteiger charge is -2.14. The van der Waals surface area contributed by atoms with Crippen molar-refractivity contribution in [2.45, 2.75) is 19.7 Å². The Kier molecular flexibility index (Phi) is 6.26. The molecule has 0 bridgehead atoms. The second kappa shape index (κ2) is 8.85. The molecule has 0 spiro atoms. The number of aliphatic hydroxyl groups excluding tert-OH is 1. The van der Waals surface area contributed by atoms with Crippen LogP contribution in [0.1, 0.15) is 23.1 Å². The van der Waals surface area contributed by atoms with Crippen molar-refractivity contribution < 1.29 is 14.4 Å². The number of aliphatic hydroxyl groups is 1. The minimum absolute atomic E-state index is 0.0618. The molecule has 1 aromatic heterocycles. The van der Waals surface area contributed by atoms with Crippen LogP contribution >= 0.6 is 11.6 Å². The molecule has 152 valence electrons. The maximum atomic E-state index is 10.6. The van der Waals surface area contributed by atoms with E-state index < -0.39 is 6.23 Å². The molecule has 1 heterocycles. The van der Waals surface area contributed by atoms with Gasteiger partial charge in [-0.1, -0.05) is 22.8 Å². The zero-order valence-corrected chi connectivity index (χ0v) is 16.8. The number of hydrogen-bond donors (Lipinski definition) is 4. The van der Waals surface area contributed by atoms with E-state index in [2.05, 4.69) is 15.5 Å². The third-order valence-electron chi connectivity index (χ3n) is 4.33. The van der Waals surface area contributed by atoms with Crippen LogP contribution in [0.2, 0.25) is 5.02 Å². The SMILES string of the molecule is COc1ccc(-c2noc(C)c2C(O)NC(N)=NCc2ccc(N)c(Cl)c2)cc1. The second-order valence-corrected chi connectivity index (χ2v) is 6.74. The number of halogens is 1. The fourth-order valence-electron chi connectivity index (χ4n) is 2.76. The van der Waals surface area contributed by atoms with Gasteiger partial charge >= 0.3 is 0 Å². The number of guanidine groups is 1. The number of rotatable bonds is 6. The van der Waals surface area contributed by atoms with E-state index in [0.717, 1.165) is 11.1 Å². The molecule has 0 saturated carbocycles. The molecule has 0 amide bonds. The summed E-state index contributed by atoms with van der Waals surface area (Å²) in [6, 6.07) is 12.5. The summed E-state index contributed by atoms with van der Waals surface area (Å²) < 4.78 is 10.4. The molecule has 1 unspecified atom stereocenters. The minimum Gasteiger partial charge on any atom is -0.497 e. The van der Waals surface area contributed by atoms with Crippen LogP contribution in [0.5, 0.6) is 5.75 Å². The molecule has 0 fully saturated rings. The van der Waals surface area contributed by atoms with E-state index in [1.165, 1.54) is 0 Å². The van der Waals surface area contributed by atoms with E-state index >= 15 is 0 Å². The highest BCUT2D eigenvalue weighted by Crippen LogP contribution is 2.30. The molecule has 0 aliphatic heterocycles. The van der Waals surface area contributed by atoms with Gasteiger partial charge in [0.25, 0.3) is 0 Å². The zero-order chi connectivity index (χ0) is 21.0. The monoisotopic (exact) mass is 415 g/mol. The van der Waals surface area contributed by atoms with Crippen LogP contribution in [-0.4, -0.2) is 23.3 Å². The van der Waals surface area contributed by atoms with Gasteiger partial charge in [0.05, 0.1) is 29.9 Å². The van der Waals surface area contributed by atoms with Crippen molar-refractivity contribution in [2.75, 3.05) is 12.8 Å². The van der Waals surface area contributed by atoms with Gasteiger partial charge in [0.1, 0.15) is 17.2 Å². The molecular formula is C20H22ClN5O3. The number of nitrogen functional groups attached to an aromatic ring is 1. The van der Waals surface area contributed by atoms with Gasteiger partial charge in [0, 0.05) is 5.56 Å². The van der Waals surface area contributed by atoms with Gasteiger partial charge in [-0.05, 0) is 48.9 Å². The molecule has 2 aromatic carbocycles. The number of hydrogen-bond acceptors (Lipinski definition) is 6. The molecule has 3 rings (SSSR count). The van der Waals surface area contributed by atoms with Crippen molar-refractivity contribution in [1.29, 1.82) is 0 Å². The fourth-order valence-corrected chi connectivity index (χ4v) is 2.96. The first-order valence-electron chi connectivity index (χ1n) is 8.78. The number of methoxy groups -OCH3 is 1. The number of anilines is 1. The first-order chi connectivity index (χ1) is 13.9. The highest BCUT2D eigenvalue weighted by Gasteiger charge is 2.22. The van der Waals surface area contributed by atoms with Gasteiger partial charge < -0.3 is 31.2 Å². The fraction of sp³-hybridized carbons (Fsp3) is 0.200. The molecule has 0 saturated heterocycles. The van der Waals surface area contributed by atoms with Gasteiger partial charge in [-0.2, -0.15) is 0 Å². The van der Waals surface area contributed by atoms with Crippen molar-refractivity contribution >= 4 is 23.2 Å². The number of ether oxygens (including phenoxy) is 1. The number of aromatic nitrogens is 1. The first-order valence-corrected chi connectivity index (χ1v) is 9.16. The van der Waals surface area contributed by atoms with Crippen molar-refractivity contribution in [3.05, 3.63) is 64.4 Å². The predicted molar refractivity (Wildman–Crippen MR) is 113 cm³/mol. The van der Waals surface area contributed by atoms with Crippen LogP contribution in [0.3, 0.4) is 0 Å². The standard InChI is InChI=1S/C20H22ClN5O3/c1-11-17(18(26-29-11)13-4-6-14(28-2)7-5-13)19(27)25-20(23)24-10-12-3-8-16(22)15(21)9-12/h3-9,19,27H,10,22H2,1-2H3,(H3,23,24,25). The quantitative estimate of drug-likeness (QED) is 0.210. The van der Waals surface area contributed by atoms with E-state index in [-0.39, 0.29) is 12.5 Å². The minimum atomic E-state index is -1.16. The Balaban J connectivity index is 1.75. The highest BCUT2D eigenvalue weighted by molar-refractivity contribution is 6.33. The van der Waals surface area contributed by atoms with Gasteiger partial charge in [0.2, 0.25) is 0 Å². The van der Waals surface area contributed by atoms with Crippen molar-refractivity contribution in [1.82, 2.24) is 10.5 Å². The average Bonchev–Trinajstić information content (AvgIpc) is 3.10. The number of aliphatic imine (C=N–C) groups is 1. The first kappa shape index (κ1) is 20.5. The van der Waals surface area contributed by atoms with Gasteiger partial charge in [-0.25, -0.2) is 4.99 Å². The zero-order valence-electron chi connectivity index (χ0n) is 16.0. The molecule has 3 aromatic rings. The smallest absolute Gasteiger partial charge is 0.191 e. The molecule has 0 aliphatic rings. The summed E-state index contributed by atoms with van der Waals surface area (Å²) >= 11 is 6.01. The number of nitrogens with zero attached hydrogens (tertiary/aromatic N) is 2. The Labute approximate surface area is 173 Å². The Bertz CT molecular complexity index is 1020. The van der Waals surface area contributed by atoms with Crippen LogP contribution in [0.25, 0.3) is 11.3 Å². The predicted octanol–water partition coefficient (Wildman–Crippen LogP) is 2.99. The van der Waals surface area contributed by atoms with E-state index in [1.807, 2.05) is 12.1 Å². The number of benzene rings is 2. The van der Waals surface area contributed by atoms with Crippen LogP contribution in [0, 0.1) is 6.92 Å². The lowest BCUT2D eigenvalue weighted by atomic mass is 10.0. The Morgan fingerprint density at radius 3 is 2.69 bits per heavy atom. The van der Waals surface area contributed by atoms with Gasteiger partial charge in [-0.3, -0.25) is 0 Å². The number of aryl methyl sites for hydroxylation is 1. The van der Waals surface area contributed by atoms with E-state index in [9.17, 15) is 5.11 Å². The molecular weight excluding hydrogens is 394 g/mol. The molecule has 8 nitrogen and oxygen atoms in total. The summed E-state index contributed by atoms with van der Waals surface area (Å²) in [5.41, 5.74) is 14.7. The Hall–Kier alpha value is -3.23. The van der Waals surface area contributed by atoms with Crippen molar-refractivity contribution in [3.63, 3.8) is 0 Å². The normalized spacial score (nSPS) is 12.6. The van der Waals surface area contributed by atoms with E-state index in [1.54, 1.807) is 44.4 Å². The lowest BCUT2D eigenvalue weighted by molar-refractivity contribution is 0.160. The van der Waals surface area contributed by atoms with E-state index in [4.69, 9.17) is 32.3 Å². The lowest BCUT2D eigenvalue weighted by Crippen LogP contribution is -2.35. The van der Waals surface area contributed by atoms with E-state index in [0.29, 0.717) is 33.5 Å². The van der Waals surface area contributed by atoms with Crippen molar-refractivity contribution in [3.8, 4) is 17.0 Å². The highest BCUT2D eigenvalue weighted by atomic mass is 35.5. The third kappa shape index (κ3) is 4.79. The molecule has 6 N–H and O–H groups in total. The number of nitrogens with one attached hydrogen (secondary N) is 1. The molecule has 29 heavy (non-hydrogen) atoms. The summed E-state index contributed by atoms with van der Waals surface area (Å²) in [7, 11) is 1.59. The Morgan fingerprint density at radius 2 is 2.03 bits per heavy atom. The van der Waals surface area contributed by atoms with Crippen LogP contribution in [0.4, 0.5) is 5.69 Å². The largest absolute Gasteiger partial charge is 0.497 e. The summed E-state index contributed by atoms with van der Waals surface area (Å²) in [5.74, 6) is 1.24. The number of nitrogens with two attached hydrogens (primary N) is 2. The average molecular weight is 416 g/mol. The summed E-state index contributed by atoms with van der Waals surface area (Å²) in [5, 5.41) is 17.9.